The molecule has 7 nitrogen and oxygen atoms in total. The summed E-state index contributed by atoms with van der Waals surface area (Å²) in [5.41, 5.74) is 12.4. The Morgan fingerprint density at radius 3 is 2.67 bits per heavy atom. The van der Waals surface area contributed by atoms with Crippen molar-refractivity contribution in [3.05, 3.63) is 59.0 Å². The van der Waals surface area contributed by atoms with Gasteiger partial charge in [-0.05, 0) is 42.3 Å². The molecule has 2 aromatic carbocycles. The van der Waals surface area contributed by atoms with E-state index in [0.29, 0.717) is 31.5 Å². The summed E-state index contributed by atoms with van der Waals surface area (Å²) < 4.78 is 0. The van der Waals surface area contributed by atoms with Crippen molar-refractivity contribution in [2.24, 2.45) is 11.5 Å². The average molecular weight is 426 g/mol. The monoisotopic (exact) mass is 425 g/mol. The highest BCUT2D eigenvalue weighted by Gasteiger charge is 2.30. The Labute approximate surface area is 180 Å². The Bertz CT molecular complexity index is 992. The zero-order chi connectivity index (χ0) is 21.5. The van der Waals surface area contributed by atoms with Crippen molar-refractivity contribution >= 4 is 39.6 Å². The molecule has 0 saturated carbocycles. The van der Waals surface area contributed by atoms with Crippen molar-refractivity contribution in [3.63, 3.8) is 0 Å². The van der Waals surface area contributed by atoms with Crippen molar-refractivity contribution in [3.8, 4) is 0 Å². The highest BCUT2D eigenvalue weighted by atomic mass is 32.1. The van der Waals surface area contributed by atoms with Crippen molar-refractivity contribution in [1.82, 2.24) is 9.88 Å². The number of rotatable bonds is 9. The number of nitrogens with zero attached hydrogens (tertiary/aromatic N) is 2. The van der Waals surface area contributed by atoms with Gasteiger partial charge in [0.05, 0.1) is 11.0 Å². The smallest absolute Gasteiger partial charge is 0.247 e. The quantitative estimate of drug-likeness (QED) is 0.487. The summed E-state index contributed by atoms with van der Waals surface area (Å²) in [5.74, 6) is -0.545. The van der Waals surface area contributed by atoms with Crippen LogP contribution in [0.4, 0.5) is 5.69 Å². The maximum Gasteiger partial charge on any atom is 0.247 e. The van der Waals surface area contributed by atoms with Crippen LogP contribution in [0.1, 0.15) is 17.8 Å². The highest BCUT2D eigenvalue weighted by molar-refractivity contribution is 7.09. The van der Waals surface area contributed by atoms with E-state index in [4.69, 9.17) is 11.5 Å². The van der Waals surface area contributed by atoms with E-state index in [-0.39, 0.29) is 11.8 Å². The standard InChI is InChI=1S/C22H27N5O2S/c1-27(22(29)18(24)14-20-25-11-12-30-20)19(7-4-10-23)21(28)26-17-9-8-15-5-2-3-6-16(15)13-17/h2-3,5-6,8-9,11-13,18-19H,4,7,10,14,23-24H2,1H3,(H,26,28)/t18-,19-/m0/s1. The average Bonchev–Trinajstić information content (AvgIpc) is 3.26. The number of fused-ring (bicyclic) bond motifs is 1. The van der Waals surface area contributed by atoms with E-state index in [1.807, 2.05) is 47.8 Å². The molecule has 3 aromatic rings. The molecule has 30 heavy (non-hydrogen) atoms. The Balaban J connectivity index is 1.72. The summed E-state index contributed by atoms with van der Waals surface area (Å²) in [6, 6.07) is 12.3. The van der Waals surface area contributed by atoms with Gasteiger partial charge in [-0.2, -0.15) is 0 Å². The van der Waals surface area contributed by atoms with Gasteiger partial charge in [0.25, 0.3) is 0 Å². The van der Waals surface area contributed by atoms with Crippen LogP contribution >= 0.6 is 11.3 Å². The third-order valence-corrected chi connectivity index (χ3v) is 5.81. The first-order chi connectivity index (χ1) is 14.5. The summed E-state index contributed by atoms with van der Waals surface area (Å²) in [7, 11) is 1.62. The lowest BCUT2D eigenvalue weighted by molar-refractivity contribution is -0.138. The summed E-state index contributed by atoms with van der Waals surface area (Å²) in [5, 5.41) is 7.70. The topological polar surface area (TPSA) is 114 Å². The maximum atomic E-state index is 13.0. The van der Waals surface area contributed by atoms with Crippen molar-refractivity contribution < 1.29 is 9.59 Å². The molecule has 0 saturated heterocycles. The first kappa shape index (κ1) is 21.9. The molecule has 0 bridgehead atoms. The normalized spacial score (nSPS) is 13.0. The summed E-state index contributed by atoms with van der Waals surface area (Å²) in [4.78, 5) is 31.5. The largest absolute Gasteiger partial charge is 0.332 e. The van der Waals surface area contributed by atoms with Crippen LogP contribution in [-0.2, 0) is 16.0 Å². The van der Waals surface area contributed by atoms with E-state index >= 15 is 0 Å². The SMILES string of the molecule is CN(C(=O)[C@@H](N)Cc1nccs1)[C@@H](CCCN)C(=O)Nc1ccc2ccccc2c1. The summed E-state index contributed by atoms with van der Waals surface area (Å²) in [6.45, 7) is 0.437. The molecule has 158 valence electrons. The molecule has 2 amide bonds. The molecule has 0 spiro atoms. The fraction of sp³-hybridized carbons (Fsp3) is 0.318. The van der Waals surface area contributed by atoms with E-state index in [1.54, 1.807) is 13.2 Å². The molecule has 0 radical (unpaired) electrons. The molecule has 3 rings (SSSR count). The van der Waals surface area contributed by atoms with Gasteiger partial charge in [0, 0.05) is 30.7 Å². The van der Waals surface area contributed by atoms with E-state index in [9.17, 15) is 9.59 Å². The maximum absolute atomic E-state index is 13.0. The number of benzene rings is 2. The summed E-state index contributed by atoms with van der Waals surface area (Å²) in [6.07, 6.45) is 3.11. The van der Waals surface area contributed by atoms with Gasteiger partial charge in [-0.3, -0.25) is 9.59 Å². The van der Waals surface area contributed by atoms with E-state index in [1.165, 1.54) is 16.2 Å². The fourth-order valence-electron chi connectivity index (χ4n) is 3.35. The second-order valence-corrected chi connectivity index (χ2v) is 8.16. The Morgan fingerprint density at radius 1 is 1.20 bits per heavy atom. The number of hydrogen-bond acceptors (Lipinski definition) is 6. The highest BCUT2D eigenvalue weighted by Crippen LogP contribution is 2.20. The van der Waals surface area contributed by atoms with Crippen molar-refractivity contribution in [2.75, 3.05) is 18.9 Å². The van der Waals surface area contributed by atoms with Gasteiger partial charge in [-0.15, -0.1) is 11.3 Å². The van der Waals surface area contributed by atoms with E-state index in [0.717, 1.165) is 15.8 Å². The van der Waals surface area contributed by atoms with Crippen molar-refractivity contribution in [1.29, 1.82) is 0 Å². The first-order valence-electron chi connectivity index (χ1n) is 9.90. The molecule has 2 atom stereocenters. The van der Waals surface area contributed by atoms with Crippen LogP contribution in [0.5, 0.6) is 0 Å². The molecule has 5 N–H and O–H groups in total. The number of carbonyl (C=O) groups excluding carboxylic acids is 2. The molecule has 0 fully saturated rings. The second kappa shape index (κ2) is 10.3. The van der Waals surface area contributed by atoms with Crippen LogP contribution in [0.15, 0.2) is 54.0 Å². The lowest BCUT2D eigenvalue weighted by Crippen LogP contribution is -2.51. The van der Waals surface area contributed by atoms with Gasteiger partial charge >= 0.3 is 0 Å². The molecule has 0 aliphatic rings. The van der Waals surface area contributed by atoms with Gasteiger partial charge in [0.15, 0.2) is 0 Å². The first-order valence-corrected chi connectivity index (χ1v) is 10.8. The molecule has 0 aliphatic heterocycles. The van der Waals surface area contributed by atoms with E-state index < -0.39 is 12.1 Å². The molecule has 1 heterocycles. The van der Waals surface area contributed by atoms with Gasteiger partial charge in [-0.25, -0.2) is 4.98 Å². The molecule has 1 aromatic heterocycles. The van der Waals surface area contributed by atoms with E-state index in [2.05, 4.69) is 10.3 Å². The Morgan fingerprint density at radius 2 is 1.97 bits per heavy atom. The minimum atomic E-state index is -0.755. The third-order valence-electron chi connectivity index (χ3n) is 5.01. The van der Waals surface area contributed by atoms with Crippen LogP contribution in [0.2, 0.25) is 0 Å². The summed E-state index contributed by atoms with van der Waals surface area (Å²) >= 11 is 1.45. The van der Waals surface area contributed by atoms with Crippen LogP contribution in [-0.4, -0.2) is 47.4 Å². The molecular weight excluding hydrogens is 398 g/mol. The van der Waals surface area contributed by atoms with Gasteiger partial charge < -0.3 is 21.7 Å². The van der Waals surface area contributed by atoms with Crippen LogP contribution < -0.4 is 16.8 Å². The van der Waals surface area contributed by atoms with Crippen molar-refractivity contribution in [2.45, 2.75) is 31.3 Å². The lowest BCUT2D eigenvalue weighted by Gasteiger charge is -2.29. The number of thiazole rings is 1. The van der Waals surface area contributed by atoms with Gasteiger partial charge in [0.2, 0.25) is 11.8 Å². The van der Waals surface area contributed by atoms with Crippen LogP contribution in [0.3, 0.4) is 0 Å². The minimum Gasteiger partial charge on any atom is -0.332 e. The zero-order valence-corrected chi connectivity index (χ0v) is 17.8. The number of aromatic nitrogens is 1. The number of likely N-dealkylation sites (N-methyl/N-ethyl adjacent to an activating group) is 1. The number of carbonyl (C=O) groups is 2. The predicted molar refractivity (Wildman–Crippen MR) is 121 cm³/mol. The molecular formula is C22H27N5O2S. The number of amides is 2. The number of nitrogens with two attached hydrogens (primary N) is 2. The van der Waals surface area contributed by atoms with Crippen LogP contribution in [0, 0.1) is 0 Å². The third kappa shape index (κ3) is 5.41. The zero-order valence-electron chi connectivity index (χ0n) is 17.0. The second-order valence-electron chi connectivity index (χ2n) is 7.18. The number of anilines is 1. The Hall–Kier alpha value is -2.81. The molecule has 8 heteroatoms. The number of nitrogens with one attached hydrogen (secondary N) is 1. The minimum absolute atomic E-state index is 0.254. The lowest BCUT2D eigenvalue weighted by atomic mass is 10.1. The van der Waals surface area contributed by atoms with Gasteiger partial charge in [0.1, 0.15) is 6.04 Å². The molecule has 0 aliphatic carbocycles. The van der Waals surface area contributed by atoms with Gasteiger partial charge in [-0.1, -0.05) is 30.3 Å². The number of hydrogen-bond donors (Lipinski definition) is 3. The molecule has 0 unspecified atom stereocenters. The Kier molecular flexibility index (Phi) is 7.51. The van der Waals surface area contributed by atoms with Crippen LogP contribution in [0.25, 0.3) is 10.8 Å². The predicted octanol–water partition coefficient (Wildman–Crippen LogP) is 2.37. The fourth-order valence-corrected chi connectivity index (χ4v) is 4.03.